The van der Waals surface area contributed by atoms with Crippen LogP contribution in [0.4, 0.5) is 0 Å². The highest BCUT2D eigenvalue weighted by atomic mass is 16.5. The van der Waals surface area contributed by atoms with Crippen LogP contribution in [-0.2, 0) is 0 Å². The van der Waals surface area contributed by atoms with Crippen molar-refractivity contribution in [1.82, 2.24) is 9.97 Å². The van der Waals surface area contributed by atoms with Crippen molar-refractivity contribution in [2.45, 2.75) is 6.92 Å². The molecule has 0 aliphatic heterocycles. The molecule has 1 rings (SSSR count). The van der Waals surface area contributed by atoms with Gasteiger partial charge in [-0.05, 0) is 6.92 Å². The number of rotatable bonds is 3. The van der Waals surface area contributed by atoms with Crippen LogP contribution in [0.25, 0.3) is 0 Å². The van der Waals surface area contributed by atoms with Gasteiger partial charge in [0.15, 0.2) is 17.9 Å². The molecule has 1 aromatic rings. The Morgan fingerprint density at radius 1 is 1.55 bits per heavy atom. The molecule has 0 N–H and O–H groups in total. The lowest BCUT2D eigenvalue weighted by Crippen LogP contribution is -1.96. The summed E-state index contributed by atoms with van der Waals surface area (Å²) in [7, 11) is 0. The van der Waals surface area contributed by atoms with E-state index in [4.69, 9.17) is 4.74 Å². The lowest BCUT2D eigenvalue weighted by atomic mass is 10.5. The molecule has 11 heavy (non-hydrogen) atoms. The highest BCUT2D eigenvalue weighted by Gasteiger charge is 1.94. The molecule has 0 saturated carbocycles. The third-order valence-electron chi connectivity index (χ3n) is 1.06. The summed E-state index contributed by atoms with van der Waals surface area (Å²) in [5.41, 5.74) is 0. The number of ether oxygens (including phenoxy) is 1. The fraction of sp³-hybridized carbons (Fsp3) is 0.286. The van der Waals surface area contributed by atoms with E-state index in [-0.39, 0.29) is 5.82 Å². The number of carbonyl (C=O) groups is 1. The molecule has 0 unspecified atom stereocenters. The average molecular weight is 152 g/mol. The first kappa shape index (κ1) is 7.65. The second-order valence-electron chi connectivity index (χ2n) is 1.83. The van der Waals surface area contributed by atoms with Gasteiger partial charge in [-0.1, -0.05) is 0 Å². The van der Waals surface area contributed by atoms with Gasteiger partial charge in [0.05, 0.1) is 19.0 Å². The Hall–Kier alpha value is -1.45. The molecule has 1 heterocycles. The van der Waals surface area contributed by atoms with Crippen LogP contribution in [0.15, 0.2) is 12.4 Å². The molecule has 0 bridgehead atoms. The van der Waals surface area contributed by atoms with E-state index in [9.17, 15) is 4.79 Å². The SMILES string of the molecule is CCOc1cnc(C=O)nc1. The molecule has 0 aromatic carbocycles. The first-order valence-corrected chi connectivity index (χ1v) is 3.27. The Bertz CT molecular complexity index is 233. The average Bonchev–Trinajstić information content (AvgIpc) is 2.07. The lowest BCUT2D eigenvalue weighted by molar-refractivity contribution is 0.111. The molecule has 0 amide bonds. The van der Waals surface area contributed by atoms with Crippen LogP contribution in [0.1, 0.15) is 17.5 Å². The number of aromatic nitrogens is 2. The van der Waals surface area contributed by atoms with Gasteiger partial charge in [-0.3, -0.25) is 4.79 Å². The smallest absolute Gasteiger partial charge is 0.192 e. The molecule has 1 aromatic heterocycles. The summed E-state index contributed by atoms with van der Waals surface area (Å²) in [4.78, 5) is 17.5. The molecule has 0 spiro atoms. The molecule has 58 valence electrons. The Morgan fingerprint density at radius 3 is 2.64 bits per heavy atom. The van der Waals surface area contributed by atoms with Crippen molar-refractivity contribution in [2.24, 2.45) is 0 Å². The van der Waals surface area contributed by atoms with Crippen molar-refractivity contribution in [1.29, 1.82) is 0 Å². The van der Waals surface area contributed by atoms with Crippen LogP contribution in [0.3, 0.4) is 0 Å². The van der Waals surface area contributed by atoms with Gasteiger partial charge in [-0.2, -0.15) is 0 Å². The molecular weight excluding hydrogens is 144 g/mol. The first-order valence-electron chi connectivity index (χ1n) is 3.27. The second kappa shape index (κ2) is 3.65. The zero-order valence-corrected chi connectivity index (χ0v) is 6.15. The quantitative estimate of drug-likeness (QED) is 0.598. The fourth-order valence-corrected chi connectivity index (χ4v) is 0.628. The number of carbonyl (C=O) groups excluding carboxylic acids is 1. The predicted octanol–water partition coefficient (Wildman–Crippen LogP) is 0.688. The minimum atomic E-state index is 0.174. The Kier molecular flexibility index (Phi) is 2.54. The maximum Gasteiger partial charge on any atom is 0.192 e. The monoisotopic (exact) mass is 152 g/mol. The summed E-state index contributed by atoms with van der Waals surface area (Å²) < 4.78 is 5.06. The third kappa shape index (κ3) is 2.00. The van der Waals surface area contributed by atoms with E-state index in [0.717, 1.165) is 0 Å². The minimum Gasteiger partial charge on any atom is -0.491 e. The van der Waals surface area contributed by atoms with Crippen LogP contribution < -0.4 is 4.74 Å². The fourth-order valence-electron chi connectivity index (χ4n) is 0.628. The van der Waals surface area contributed by atoms with Gasteiger partial charge in [0.25, 0.3) is 0 Å². The van der Waals surface area contributed by atoms with Gasteiger partial charge in [-0.25, -0.2) is 9.97 Å². The van der Waals surface area contributed by atoms with Crippen molar-refractivity contribution in [3.8, 4) is 5.75 Å². The summed E-state index contributed by atoms with van der Waals surface area (Å²) in [6, 6.07) is 0. The predicted molar refractivity (Wildman–Crippen MR) is 38.6 cm³/mol. The summed E-state index contributed by atoms with van der Waals surface area (Å²) in [5, 5.41) is 0. The summed E-state index contributed by atoms with van der Waals surface area (Å²) in [6.45, 7) is 2.44. The summed E-state index contributed by atoms with van der Waals surface area (Å²) >= 11 is 0. The van der Waals surface area contributed by atoms with E-state index in [1.807, 2.05) is 6.92 Å². The van der Waals surface area contributed by atoms with E-state index in [1.165, 1.54) is 12.4 Å². The van der Waals surface area contributed by atoms with E-state index < -0.39 is 0 Å². The van der Waals surface area contributed by atoms with Crippen molar-refractivity contribution in [3.63, 3.8) is 0 Å². The normalized spacial score (nSPS) is 9.18. The van der Waals surface area contributed by atoms with Crippen LogP contribution in [0, 0.1) is 0 Å². The highest BCUT2D eigenvalue weighted by molar-refractivity contribution is 5.68. The Balaban J connectivity index is 2.74. The molecule has 0 aliphatic carbocycles. The van der Waals surface area contributed by atoms with Gasteiger partial charge in [0, 0.05) is 0 Å². The number of nitrogens with zero attached hydrogens (tertiary/aromatic N) is 2. The topological polar surface area (TPSA) is 52.1 Å². The lowest BCUT2D eigenvalue weighted by Gasteiger charge is -1.99. The molecule has 4 heteroatoms. The molecule has 0 atom stereocenters. The largest absolute Gasteiger partial charge is 0.491 e. The van der Waals surface area contributed by atoms with Crippen LogP contribution in [-0.4, -0.2) is 22.9 Å². The molecule has 0 aliphatic rings. The highest BCUT2D eigenvalue weighted by Crippen LogP contribution is 2.04. The van der Waals surface area contributed by atoms with Crippen molar-refractivity contribution < 1.29 is 9.53 Å². The molecular formula is C7H8N2O2. The first-order chi connectivity index (χ1) is 5.36. The van der Waals surface area contributed by atoms with E-state index in [1.54, 1.807) is 0 Å². The summed E-state index contributed by atoms with van der Waals surface area (Å²) in [6.07, 6.45) is 3.54. The second-order valence-corrected chi connectivity index (χ2v) is 1.83. The van der Waals surface area contributed by atoms with Gasteiger partial charge in [-0.15, -0.1) is 0 Å². The molecule has 0 saturated heterocycles. The molecule has 0 fully saturated rings. The van der Waals surface area contributed by atoms with Crippen molar-refractivity contribution in [2.75, 3.05) is 6.61 Å². The van der Waals surface area contributed by atoms with Crippen LogP contribution in [0.5, 0.6) is 5.75 Å². The van der Waals surface area contributed by atoms with Gasteiger partial charge in [0.1, 0.15) is 0 Å². The maximum absolute atomic E-state index is 10.1. The van der Waals surface area contributed by atoms with Crippen LogP contribution in [0.2, 0.25) is 0 Å². The van der Waals surface area contributed by atoms with Crippen LogP contribution >= 0.6 is 0 Å². The van der Waals surface area contributed by atoms with Crippen molar-refractivity contribution in [3.05, 3.63) is 18.2 Å². The standard InChI is InChI=1S/C7H8N2O2/c1-2-11-6-3-8-7(5-10)9-4-6/h3-5H,2H2,1H3. The number of hydrogen-bond donors (Lipinski definition) is 0. The number of hydrogen-bond acceptors (Lipinski definition) is 4. The zero-order valence-electron chi connectivity index (χ0n) is 6.15. The van der Waals surface area contributed by atoms with Gasteiger partial charge >= 0.3 is 0 Å². The maximum atomic E-state index is 10.1. The Morgan fingerprint density at radius 2 is 2.18 bits per heavy atom. The van der Waals surface area contributed by atoms with Gasteiger partial charge < -0.3 is 4.74 Å². The van der Waals surface area contributed by atoms with Crippen molar-refractivity contribution >= 4 is 6.29 Å². The van der Waals surface area contributed by atoms with E-state index in [2.05, 4.69) is 9.97 Å². The molecule has 4 nitrogen and oxygen atoms in total. The zero-order chi connectivity index (χ0) is 8.10. The van der Waals surface area contributed by atoms with E-state index >= 15 is 0 Å². The molecule has 0 radical (unpaired) electrons. The van der Waals surface area contributed by atoms with Gasteiger partial charge in [0.2, 0.25) is 0 Å². The van der Waals surface area contributed by atoms with E-state index in [0.29, 0.717) is 18.6 Å². The Labute approximate surface area is 64.2 Å². The third-order valence-corrected chi connectivity index (χ3v) is 1.06. The number of aldehydes is 1. The minimum absolute atomic E-state index is 0.174. The summed E-state index contributed by atoms with van der Waals surface area (Å²) in [5.74, 6) is 0.756.